The standard InChI is InChI=1S/C10H10S2/c1-7-6-10(11)12-9-5-3-2-4-8(7)9/h2-6,9,11H,1H3. The van der Waals surface area contributed by atoms with E-state index in [0.717, 1.165) is 4.24 Å². The van der Waals surface area contributed by atoms with Gasteiger partial charge in [-0.1, -0.05) is 24.3 Å². The maximum absolute atomic E-state index is 4.37. The van der Waals surface area contributed by atoms with Crippen molar-refractivity contribution >= 4 is 24.4 Å². The average molecular weight is 194 g/mol. The van der Waals surface area contributed by atoms with Crippen LogP contribution >= 0.6 is 24.4 Å². The van der Waals surface area contributed by atoms with Gasteiger partial charge < -0.3 is 0 Å². The maximum Gasteiger partial charge on any atom is 0.0535 e. The molecule has 1 unspecified atom stereocenters. The Kier molecular flexibility index (Phi) is 2.20. The molecule has 0 aromatic rings. The van der Waals surface area contributed by atoms with E-state index in [4.69, 9.17) is 0 Å². The van der Waals surface area contributed by atoms with Crippen molar-refractivity contribution in [3.63, 3.8) is 0 Å². The van der Waals surface area contributed by atoms with Gasteiger partial charge in [-0.05, 0) is 24.1 Å². The summed E-state index contributed by atoms with van der Waals surface area (Å²) in [6.45, 7) is 2.14. The Morgan fingerprint density at radius 2 is 2.25 bits per heavy atom. The first-order chi connectivity index (χ1) is 5.77. The molecule has 0 aromatic heterocycles. The minimum atomic E-state index is 0.493. The van der Waals surface area contributed by atoms with Gasteiger partial charge in [0, 0.05) is 4.24 Å². The Labute approximate surface area is 82.5 Å². The minimum absolute atomic E-state index is 0.493. The van der Waals surface area contributed by atoms with E-state index >= 15 is 0 Å². The first-order valence-corrected chi connectivity index (χ1v) is 5.23. The number of thiol groups is 1. The number of rotatable bonds is 0. The topological polar surface area (TPSA) is 0 Å². The quantitative estimate of drug-likeness (QED) is 0.577. The number of hydrogen-bond donors (Lipinski definition) is 1. The van der Waals surface area contributed by atoms with Crippen LogP contribution in [0.4, 0.5) is 0 Å². The third-order valence-corrected chi connectivity index (χ3v) is 3.49. The molecule has 12 heavy (non-hydrogen) atoms. The van der Waals surface area contributed by atoms with Crippen LogP contribution in [0.3, 0.4) is 0 Å². The van der Waals surface area contributed by atoms with Gasteiger partial charge >= 0.3 is 0 Å². The monoisotopic (exact) mass is 194 g/mol. The van der Waals surface area contributed by atoms with E-state index in [0.29, 0.717) is 5.25 Å². The molecule has 1 aliphatic carbocycles. The van der Waals surface area contributed by atoms with Crippen LogP contribution in [0.15, 0.2) is 45.8 Å². The Morgan fingerprint density at radius 1 is 1.42 bits per heavy atom. The zero-order valence-corrected chi connectivity index (χ0v) is 8.53. The summed E-state index contributed by atoms with van der Waals surface area (Å²) in [5.41, 5.74) is 2.75. The lowest BCUT2D eigenvalue weighted by Gasteiger charge is -2.22. The summed E-state index contributed by atoms with van der Waals surface area (Å²) >= 11 is 6.17. The van der Waals surface area contributed by atoms with Gasteiger partial charge in [-0.25, -0.2) is 0 Å². The lowest BCUT2D eigenvalue weighted by molar-refractivity contribution is 1.22. The van der Waals surface area contributed by atoms with Gasteiger partial charge in [-0.2, -0.15) is 0 Å². The molecule has 2 rings (SSSR count). The second kappa shape index (κ2) is 3.19. The number of thioether (sulfide) groups is 1. The summed E-state index contributed by atoms with van der Waals surface area (Å²) in [5.74, 6) is 0. The maximum atomic E-state index is 4.37. The van der Waals surface area contributed by atoms with Gasteiger partial charge in [0.25, 0.3) is 0 Å². The van der Waals surface area contributed by atoms with Crippen molar-refractivity contribution in [2.45, 2.75) is 12.2 Å². The number of allylic oxidation sites excluding steroid dienone is 5. The highest BCUT2D eigenvalue weighted by atomic mass is 32.2. The highest BCUT2D eigenvalue weighted by molar-refractivity contribution is 8.16. The second-order valence-corrected chi connectivity index (χ2v) is 4.87. The van der Waals surface area contributed by atoms with Crippen molar-refractivity contribution in [2.75, 3.05) is 0 Å². The van der Waals surface area contributed by atoms with Gasteiger partial charge in [0.05, 0.1) is 5.25 Å². The van der Waals surface area contributed by atoms with Gasteiger partial charge in [-0.3, -0.25) is 0 Å². The predicted molar refractivity (Wildman–Crippen MR) is 59.4 cm³/mol. The van der Waals surface area contributed by atoms with E-state index in [9.17, 15) is 0 Å². The molecule has 0 nitrogen and oxygen atoms in total. The summed E-state index contributed by atoms with van der Waals surface area (Å²) in [4.78, 5) is 0. The Bertz CT molecular complexity index is 319. The van der Waals surface area contributed by atoms with Crippen molar-refractivity contribution in [2.24, 2.45) is 0 Å². The predicted octanol–water partition coefficient (Wildman–Crippen LogP) is 3.32. The third kappa shape index (κ3) is 1.41. The SMILES string of the molecule is CC1=C2C=CC=CC2SC(S)=C1. The van der Waals surface area contributed by atoms with E-state index in [1.165, 1.54) is 11.1 Å². The van der Waals surface area contributed by atoms with Crippen LogP contribution in [0.2, 0.25) is 0 Å². The fourth-order valence-electron chi connectivity index (χ4n) is 1.41. The van der Waals surface area contributed by atoms with E-state index in [1.54, 1.807) is 11.8 Å². The lowest BCUT2D eigenvalue weighted by Crippen LogP contribution is -2.08. The third-order valence-electron chi connectivity index (χ3n) is 2.02. The molecule has 2 heteroatoms. The lowest BCUT2D eigenvalue weighted by atomic mass is 10.0. The van der Waals surface area contributed by atoms with Crippen LogP contribution in [-0.2, 0) is 0 Å². The largest absolute Gasteiger partial charge is 0.137 e. The van der Waals surface area contributed by atoms with Crippen LogP contribution in [0.1, 0.15) is 6.92 Å². The first-order valence-electron chi connectivity index (χ1n) is 3.90. The van der Waals surface area contributed by atoms with E-state index in [1.807, 2.05) is 0 Å². The van der Waals surface area contributed by atoms with Gasteiger partial charge in [0.15, 0.2) is 0 Å². The summed E-state index contributed by atoms with van der Waals surface area (Å²) in [6, 6.07) is 0. The molecular weight excluding hydrogens is 184 g/mol. The fraction of sp³-hybridized carbons (Fsp3) is 0.200. The van der Waals surface area contributed by atoms with Crippen molar-refractivity contribution in [3.8, 4) is 0 Å². The van der Waals surface area contributed by atoms with E-state index in [2.05, 4.69) is 49.9 Å². The van der Waals surface area contributed by atoms with Gasteiger partial charge in [-0.15, -0.1) is 24.4 Å². The molecule has 1 atom stereocenters. The highest BCUT2D eigenvalue weighted by Crippen LogP contribution is 2.38. The normalized spacial score (nSPS) is 27.2. The molecule has 0 saturated carbocycles. The van der Waals surface area contributed by atoms with Crippen LogP contribution < -0.4 is 0 Å². The van der Waals surface area contributed by atoms with Gasteiger partial charge in [0.1, 0.15) is 0 Å². The molecule has 0 spiro atoms. The molecule has 1 aliphatic heterocycles. The molecule has 62 valence electrons. The first kappa shape index (κ1) is 8.27. The minimum Gasteiger partial charge on any atom is -0.137 e. The Balaban J connectivity index is 2.44. The molecule has 1 heterocycles. The Hall–Kier alpha value is -0.340. The number of hydrogen-bond acceptors (Lipinski definition) is 2. The highest BCUT2D eigenvalue weighted by Gasteiger charge is 2.18. The molecule has 2 aliphatic rings. The molecular formula is C10H10S2. The zero-order chi connectivity index (χ0) is 8.55. The van der Waals surface area contributed by atoms with Crippen molar-refractivity contribution in [1.82, 2.24) is 0 Å². The van der Waals surface area contributed by atoms with Crippen LogP contribution in [0, 0.1) is 0 Å². The molecule has 0 aromatic carbocycles. The van der Waals surface area contributed by atoms with E-state index in [-0.39, 0.29) is 0 Å². The number of fused-ring (bicyclic) bond motifs is 1. The molecule has 0 bridgehead atoms. The van der Waals surface area contributed by atoms with Crippen LogP contribution in [0.5, 0.6) is 0 Å². The summed E-state index contributed by atoms with van der Waals surface area (Å²) < 4.78 is 1.11. The van der Waals surface area contributed by atoms with Crippen LogP contribution in [0.25, 0.3) is 0 Å². The smallest absolute Gasteiger partial charge is 0.0535 e. The zero-order valence-electron chi connectivity index (χ0n) is 6.82. The average Bonchev–Trinajstić information content (AvgIpc) is 2.04. The summed E-state index contributed by atoms with van der Waals surface area (Å²) in [6.07, 6.45) is 10.7. The van der Waals surface area contributed by atoms with E-state index < -0.39 is 0 Å². The van der Waals surface area contributed by atoms with Crippen molar-refractivity contribution < 1.29 is 0 Å². The van der Waals surface area contributed by atoms with Crippen LogP contribution in [-0.4, -0.2) is 5.25 Å². The molecule has 0 fully saturated rings. The van der Waals surface area contributed by atoms with Crippen molar-refractivity contribution in [1.29, 1.82) is 0 Å². The molecule has 0 N–H and O–H groups in total. The summed E-state index contributed by atoms with van der Waals surface area (Å²) in [5, 5.41) is 0.493. The van der Waals surface area contributed by atoms with Gasteiger partial charge in [0.2, 0.25) is 0 Å². The second-order valence-electron chi connectivity index (χ2n) is 2.90. The molecule has 0 saturated heterocycles. The fourth-order valence-corrected chi connectivity index (χ4v) is 3.01. The Morgan fingerprint density at radius 3 is 3.08 bits per heavy atom. The van der Waals surface area contributed by atoms with Crippen molar-refractivity contribution in [3.05, 3.63) is 45.8 Å². The molecule has 0 radical (unpaired) electrons. The summed E-state index contributed by atoms with van der Waals surface area (Å²) in [7, 11) is 0. The molecule has 0 amide bonds.